The molecule has 1 aromatic heterocycles. The molecule has 104 valence electrons. The van der Waals surface area contributed by atoms with Gasteiger partial charge in [0.25, 0.3) is 5.91 Å². The fraction of sp³-hybridized carbons (Fsp3) is 0.538. The first-order valence-electron chi connectivity index (χ1n) is 6.37. The van der Waals surface area contributed by atoms with Crippen LogP contribution in [0.3, 0.4) is 0 Å². The molecule has 19 heavy (non-hydrogen) atoms. The van der Waals surface area contributed by atoms with Crippen LogP contribution in [0, 0.1) is 5.92 Å². The molecule has 0 bridgehead atoms. The Bertz CT molecular complexity index is 471. The average Bonchev–Trinajstić information content (AvgIpc) is 2.41. The Labute approximate surface area is 117 Å². The molecular weight excluding hydrogens is 266 g/mol. The van der Waals surface area contributed by atoms with Crippen molar-refractivity contribution in [1.82, 2.24) is 9.88 Å². The minimum Gasteiger partial charge on any atom is -0.393 e. The van der Waals surface area contributed by atoms with Gasteiger partial charge in [-0.15, -0.1) is 0 Å². The van der Waals surface area contributed by atoms with E-state index in [4.69, 9.17) is 17.3 Å². The summed E-state index contributed by atoms with van der Waals surface area (Å²) >= 11 is 5.98. The number of nitrogen functional groups attached to an aromatic ring is 1. The monoisotopic (exact) mass is 283 g/mol. The fourth-order valence-corrected chi connectivity index (χ4v) is 2.56. The van der Waals surface area contributed by atoms with Gasteiger partial charge in [0.2, 0.25) is 0 Å². The molecule has 0 aromatic carbocycles. The molecule has 1 atom stereocenters. The third kappa shape index (κ3) is 3.16. The van der Waals surface area contributed by atoms with Crippen LogP contribution >= 0.6 is 11.6 Å². The molecule has 2 rings (SSSR count). The number of hydrogen-bond acceptors (Lipinski definition) is 4. The summed E-state index contributed by atoms with van der Waals surface area (Å²) in [6.45, 7) is 3.06. The van der Waals surface area contributed by atoms with Gasteiger partial charge in [-0.1, -0.05) is 11.6 Å². The number of aromatic nitrogens is 1. The number of piperidine rings is 1. The number of anilines is 1. The molecule has 1 aromatic rings. The van der Waals surface area contributed by atoms with Gasteiger partial charge >= 0.3 is 0 Å². The average molecular weight is 284 g/mol. The van der Waals surface area contributed by atoms with Crippen molar-refractivity contribution < 1.29 is 9.90 Å². The first kappa shape index (κ1) is 14.1. The van der Waals surface area contributed by atoms with E-state index in [0.29, 0.717) is 23.7 Å². The van der Waals surface area contributed by atoms with Crippen LogP contribution in [0.5, 0.6) is 0 Å². The molecular formula is C13H18ClN3O2. The molecule has 0 saturated carbocycles. The van der Waals surface area contributed by atoms with Crippen molar-refractivity contribution >= 4 is 23.3 Å². The van der Waals surface area contributed by atoms with Crippen molar-refractivity contribution in [2.24, 2.45) is 5.92 Å². The normalized spacial score (nSPS) is 18.4. The zero-order valence-electron chi connectivity index (χ0n) is 10.8. The van der Waals surface area contributed by atoms with E-state index in [2.05, 4.69) is 4.98 Å². The molecule has 1 aliphatic heterocycles. The van der Waals surface area contributed by atoms with Gasteiger partial charge in [0, 0.05) is 19.3 Å². The highest BCUT2D eigenvalue weighted by atomic mass is 35.5. The van der Waals surface area contributed by atoms with Gasteiger partial charge in [-0.25, -0.2) is 4.98 Å². The number of amides is 1. The molecule has 1 saturated heterocycles. The van der Waals surface area contributed by atoms with E-state index in [-0.39, 0.29) is 23.7 Å². The Balaban J connectivity index is 2.07. The number of aliphatic hydroxyl groups is 1. The molecule has 1 fully saturated rings. The summed E-state index contributed by atoms with van der Waals surface area (Å²) in [6, 6.07) is 1.51. The predicted octanol–water partition coefficient (Wildman–Crippen LogP) is 1.55. The van der Waals surface area contributed by atoms with Crippen LogP contribution < -0.4 is 5.73 Å². The third-order valence-corrected chi connectivity index (χ3v) is 3.92. The van der Waals surface area contributed by atoms with Crippen molar-refractivity contribution in [2.75, 3.05) is 18.8 Å². The highest BCUT2D eigenvalue weighted by molar-refractivity contribution is 6.33. The highest BCUT2D eigenvalue weighted by Crippen LogP contribution is 2.24. The molecule has 0 aliphatic carbocycles. The summed E-state index contributed by atoms with van der Waals surface area (Å²) in [5, 5.41) is 9.87. The van der Waals surface area contributed by atoms with Crippen molar-refractivity contribution in [2.45, 2.75) is 25.9 Å². The minimum atomic E-state index is -0.322. The van der Waals surface area contributed by atoms with Gasteiger partial charge in [-0.05, 0) is 31.7 Å². The van der Waals surface area contributed by atoms with E-state index < -0.39 is 0 Å². The zero-order chi connectivity index (χ0) is 14.0. The Kier molecular flexibility index (Phi) is 4.27. The topological polar surface area (TPSA) is 79.5 Å². The van der Waals surface area contributed by atoms with Gasteiger partial charge in [0.05, 0.1) is 16.7 Å². The molecule has 0 spiro atoms. The van der Waals surface area contributed by atoms with Crippen molar-refractivity contribution in [1.29, 1.82) is 0 Å². The molecule has 1 aliphatic rings. The van der Waals surface area contributed by atoms with Crippen LogP contribution in [0.15, 0.2) is 12.3 Å². The first-order chi connectivity index (χ1) is 8.99. The number of carbonyl (C=O) groups excluding carboxylic acids is 1. The third-order valence-electron chi connectivity index (χ3n) is 3.62. The standard InChI is InChI=1S/C13H18ClN3O2/c1-8(18)9-2-4-17(5-3-9)13(19)10-6-12(15)16-7-11(10)14/h6-9,18H,2-5H2,1H3,(H2,15,16). The van der Waals surface area contributed by atoms with Crippen LogP contribution in [0.2, 0.25) is 5.02 Å². The van der Waals surface area contributed by atoms with Crippen molar-refractivity contribution in [3.8, 4) is 0 Å². The smallest absolute Gasteiger partial charge is 0.255 e. The lowest BCUT2D eigenvalue weighted by Crippen LogP contribution is -2.40. The van der Waals surface area contributed by atoms with Crippen LogP contribution in [-0.4, -0.2) is 40.1 Å². The maximum absolute atomic E-state index is 12.3. The molecule has 1 amide bonds. The lowest BCUT2D eigenvalue weighted by atomic mass is 9.92. The molecule has 0 radical (unpaired) electrons. The van der Waals surface area contributed by atoms with E-state index >= 15 is 0 Å². The first-order valence-corrected chi connectivity index (χ1v) is 6.75. The molecule has 6 heteroatoms. The highest BCUT2D eigenvalue weighted by Gasteiger charge is 2.27. The Hall–Kier alpha value is -1.33. The summed E-state index contributed by atoms with van der Waals surface area (Å²) in [6.07, 6.45) is 2.69. The minimum absolute atomic E-state index is 0.122. The van der Waals surface area contributed by atoms with E-state index in [1.807, 2.05) is 0 Å². The molecule has 1 unspecified atom stereocenters. The number of nitrogens with zero attached hydrogens (tertiary/aromatic N) is 2. The predicted molar refractivity (Wildman–Crippen MR) is 74.0 cm³/mol. The maximum atomic E-state index is 12.3. The van der Waals surface area contributed by atoms with E-state index in [1.54, 1.807) is 11.8 Å². The van der Waals surface area contributed by atoms with Crippen molar-refractivity contribution in [3.05, 3.63) is 22.8 Å². The number of halogens is 1. The Morgan fingerprint density at radius 3 is 2.79 bits per heavy atom. The number of hydrogen-bond donors (Lipinski definition) is 2. The summed E-state index contributed by atoms with van der Waals surface area (Å²) in [7, 11) is 0. The van der Waals surface area contributed by atoms with E-state index in [1.165, 1.54) is 12.3 Å². The number of rotatable bonds is 2. The number of aliphatic hydroxyl groups excluding tert-OH is 1. The van der Waals surface area contributed by atoms with E-state index in [0.717, 1.165) is 12.8 Å². The Morgan fingerprint density at radius 2 is 2.21 bits per heavy atom. The van der Waals surface area contributed by atoms with Gasteiger partial charge in [0.15, 0.2) is 0 Å². The second kappa shape index (κ2) is 5.75. The van der Waals surface area contributed by atoms with Crippen LogP contribution in [-0.2, 0) is 0 Å². The molecule has 5 nitrogen and oxygen atoms in total. The number of likely N-dealkylation sites (tertiary alicyclic amines) is 1. The molecule has 2 heterocycles. The van der Waals surface area contributed by atoms with Crippen LogP contribution in [0.1, 0.15) is 30.1 Å². The quantitative estimate of drug-likeness (QED) is 0.863. The second-order valence-electron chi connectivity index (χ2n) is 4.96. The number of carbonyl (C=O) groups is 1. The summed E-state index contributed by atoms with van der Waals surface area (Å²) in [5.74, 6) is 0.428. The summed E-state index contributed by atoms with van der Waals surface area (Å²) < 4.78 is 0. The summed E-state index contributed by atoms with van der Waals surface area (Å²) in [5.41, 5.74) is 5.98. The largest absolute Gasteiger partial charge is 0.393 e. The SMILES string of the molecule is CC(O)C1CCN(C(=O)c2cc(N)ncc2Cl)CC1. The van der Waals surface area contributed by atoms with Gasteiger partial charge in [-0.2, -0.15) is 0 Å². The lowest BCUT2D eigenvalue weighted by molar-refractivity contribution is 0.0521. The van der Waals surface area contributed by atoms with Crippen molar-refractivity contribution in [3.63, 3.8) is 0 Å². The molecule has 3 N–H and O–H groups in total. The van der Waals surface area contributed by atoms with Gasteiger partial charge in [-0.3, -0.25) is 4.79 Å². The fourth-order valence-electron chi connectivity index (χ4n) is 2.37. The maximum Gasteiger partial charge on any atom is 0.255 e. The van der Waals surface area contributed by atoms with Gasteiger partial charge in [0.1, 0.15) is 5.82 Å². The Morgan fingerprint density at radius 1 is 1.58 bits per heavy atom. The van der Waals surface area contributed by atoms with Gasteiger partial charge < -0.3 is 15.7 Å². The zero-order valence-corrected chi connectivity index (χ0v) is 11.6. The number of nitrogens with two attached hydrogens (primary N) is 1. The van der Waals surface area contributed by atoms with E-state index in [9.17, 15) is 9.90 Å². The van der Waals surface area contributed by atoms with Crippen LogP contribution in [0.4, 0.5) is 5.82 Å². The van der Waals surface area contributed by atoms with Crippen LogP contribution in [0.25, 0.3) is 0 Å². The number of pyridine rings is 1. The second-order valence-corrected chi connectivity index (χ2v) is 5.37. The lowest BCUT2D eigenvalue weighted by Gasteiger charge is -2.33. The summed E-state index contributed by atoms with van der Waals surface area (Å²) in [4.78, 5) is 17.9.